The van der Waals surface area contributed by atoms with Gasteiger partial charge in [0.25, 0.3) is 0 Å². The lowest BCUT2D eigenvalue weighted by Crippen LogP contribution is -2.31. The SMILES string of the molecule is CCC1(OC(=O)CCS)CCCC1. The lowest BCUT2D eigenvalue weighted by Gasteiger charge is -2.27. The smallest absolute Gasteiger partial charge is 0.307 e. The molecule has 1 aliphatic rings. The van der Waals surface area contributed by atoms with Crippen LogP contribution in [0.3, 0.4) is 0 Å². The molecule has 0 amide bonds. The zero-order valence-electron chi connectivity index (χ0n) is 8.21. The number of rotatable bonds is 4. The van der Waals surface area contributed by atoms with Gasteiger partial charge in [-0.3, -0.25) is 4.79 Å². The Labute approximate surface area is 85.4 Å². The zero-order valence-corrected chi connectivity index (χ0v) is 9.11. The molecule has 1 rings (SSSR count). The molecule has 0 saturated heterocycles. The van der Waals surface area contributed by atoms with Crippen LogP contribution >= 0.6 is 12.6 Å². The van der Waals surface area contributed by atoms with Gasteiger partial charge < -0.3 is 4.74 Å². The highest BCUT2D eigenvalue weighted by atomic mass is 32.1. The largest absolute Gasteiger partial charge is 0.459 e. The summed E-state index contributed by atoms with van der Waals surface area (Å²) in [5, 5.41) is 0. The third-order valence-corrected chi connectivity index (χ3v) is 3.03. The fourth-order valence-corrected chi connectivity index (χ4v) is 2.11. The summed E-state index contributed by atoms with van der Waals surface area (Å²) < 4.78 is 5.50. The van der Waals surface area contributed by atoms with E-state index in [1.165, 1.54) is 12.8 Å². The second-order valence-electron chi connectivity index (χ2n) is 3.69. The van der Waals surface area contributed by atoms with Crippen LogP contribution in [0.15, 0.2) is 0 Å². The lowest BCUT2D eigenvalue weighted by atomic mass is 9.99. The van der Waals surface area contributed by atoms with Crippen LogP contribution in [0, 0.1) is 0 Å². The van der Waals surface area contributed by atoms with Gasteiger partial charge in [0.1, 0.15) is 5.60 Å². The van der Waals surface area contributed by atoms with E-state index >= 15 is 0 Å². The standard InChI is InChI=1S/C10H18O2S/c1-2-10(6-3-4-7-10)12-9(11)5-8-13/h13H,2-8H2,1H3. The van der Waals surface area contributed by atoms with Crippen molar-refractivity contribution < 1.29 is 9.53 Å². The normalized spacial score (nSPS) is 20.2. The number of esters is 1. The van der Waals surface area contributed by atoms with Crippen molar-refractivity contribution >= 4 is 18.6 Å². The number of carbonyl (C=O) groups excluding carboxylic acids is 1. The van der Waals surface area contributed by atoms with E-state index in [4.69, 9.17) is 4.74 Å². The van der Waals surface area contributed by atoms with Crippen molar-refractivity contribution in [3.8, 4) is 0 Å². The van der Waals surface area contributed by atoms with Gasteiger partial charge in [-0.25, -0.2) is 0 Å². The Morgan fingerprint density at radius 3 is 2.54 bits per heavy atom. The predicted molar refractivity (Wildman–Crippen MR) is 56.1 cm³/mol. The molecule has 1 fully saturated rings. The van der Waals surface area contributed by atoms with E-state index in [0.29, 0.717) is 12.2 Å². The van der Waals surface area contributed by atoms with Crippen LogP contribution < -0.4 is 0 Å². The van der Waals surface area contributed by atoms with Crippen molar-refractivity contribution in [2.24, 2.45) is 0 Å². The van der Waals surface area contributed by atoms with E-state index < -0.39 is 0 Å². The molecule has 0 atom stereocenters. The van der Waals surface area contributed by atoms with Gasteiger partial charge in [-0.2, -0.15) is 12.6 Å². The maximum absolute atomic E-state index is 11.3. The highest BCUT2D eigenvalue weighted by molar-refractivity contribution is 7.80. The summed E-state index contributed by atoms with van der Waals surface area (Å²) in [6.07, 6.45) is 5.86. The molecule has 0 radical (unpaired) electrons. The number of thiol groups is 1. The van der Waals surface area contributed by atoms with E-state index in [0.717, 1.165) is 19.3 Å². The van der Waals surface area contributed by atoms with Crippen LogP contribution in [0.1, 0.15) is 45.4 Å². The fraction of sp³-hybridized carbons (Fsp3) is 0.900. The van der Waals surface area contributed by atoms with Crippen LogP contribution in [0.4, 0.5) is 0 Å². The van der Waals surface area contributed by atoms with E-state index in [-0.39, 0.29) is 11.6 Å². The molecule has 0 aromatic carbocycles. The van der Waals surface area contributed by atoms with Crippen molar-refractivity contribution in [2.45, 2.75) is 51.0 Å². The Morgan fingerprint density at radius 2 is 2.08 bits per heavy atom. The maximum atomic E-state index is 11.3. The summed E-state index contributed by atoms with van der Waals surface area (Å²) in [4.78, 5) is 11.3. The van der Waals surface area contributed by atoms with Gasteiger partial charge >= 0.3 is 5.97 Å². The average Bonchev–Trinajstić information content (AvgIpc) is 2.54. The topological polar surface area (TPSA) is 26.3 Å². The van der Waals surface area contributed by atoms with Crippen molar-refractivity contribution in [2.75, 3.05) is 5.75 Å². The van der Waals surface area contributed by atoms with E-state index in [9.17, 15) is 4.79 Å². The molecule has 0 aromatic heterocycles. The molecule has 0 bridgehead atoms. The minimum absolute atomic E-state index is 0.0845. The third-order valence-electron chi connectivity index (χ3n) is 2.81. The van der Waals surface area contributed by atoms with E-state index in [1.807, 2.05) is 0 Å². The van der Waals surface area contributed by atoms with Gasteiger partial charge in [0.15, 0.2) is 0 Å². The maximum Gasteiger partial charge on any atom is 0.307 e. The van der Waals surface area contributed by atoms with Gasteiger partial charge in [0.2, 0.25) is 0 Å². The molecule has 1 saturated carbocycles. The molecule has 0 N–H and O–H groups in total. The molecule has 76 valence electrons. The summed E-state index contributed by atoms with van der Waals surface area (Å²) >= 11 is 4.01. The molecule has 0 heterocycles. The van der Waals surface area contributed by atoms with Crippen LogP contribution in [0.25, 0.3) is 0 Å². The van der Waals surface area contributed by atoms with Gasteiger partial charge in [0, 0.05) is 5.75 Å². The first-order valence-electron chi connectivity index (χ1n) is 5.05. The minimum atomic E-state index is -0.125. The quantitative estimate of drug-likeness (QED) is 0.560. The van der Waals surface area contributed by atoms with Gasteiger partial charge in [0.05, 0.1) is 6.42 Å². The minimum Gasteiger partial charge on any atom is -0.459 e. The Morgan fingerprint density at radius 1 is 1.46 bits per heavy atom. The molecule has 3 heteroatoms. The van der Waals surface area contributed by atoms with Gasteiger partial charge in [-0.1, -0.05) is 6.92 Å². The summed E-state index contributed by atoms with van der Waals surface area (Å²) in [5.74, 6) is 0.497. The van der Waals surface area contributed by atoms with Gasteiger partial charge in [-0.15, -0.1) is 0 Å². The van der Waals surface area contributed by atoms with Crippen LogP contribution in [0.2, 0.25) is 0 Å². The first kappa shape index (κ1) is 10.9. The summed E-state index contributed by atoms with van der Waals surface area (Å²) in [6, 6.07) is 0. The first-order chi connectivity index (χ1) is 6.22. The van der Waals surface area contributed by atoms with Crippen molar-refractivity contribution in [3.05, 3.63) is 0 Å². The number of hydrogen-bond donors (Lipinski definition) is 1. The molecule has 0 aliphatic heterocycles. The molecule has 0 aromatic rings. The fourth-order valence-electron chi connectivity index (χ4n) is 1.93. The Bertz CT molecular complexity index is 174. The predicted octanol–water partition coefficient (Wildman–Crippen LogP) is 2.57. The first-order valence-corrected chi connectivity index (χ1v) is 5.68. The van der Waals surface area contributed by atoms with Crippen molar-refractivity contribution in [1.82, 2.24) is 0 Å². The Kier molecular flexibility index (Phi) is 4.10. The molecule has 0 unspecified atom stereocenters. The Balaban J connectivity index is 2.43. The average molecular weight is 202 g/mol. The van der Waals surface area contributed by atoms with Crippen LogP contribution in [-0.4, -0.2) is 17.3 Å². The summed E-state index contributed by atoms with van der Waals surface area (Å²) in [6.45, 7) is 2.10. The van der Waals surface area contributed by atoms with Crippen molar-refractivity contribution in [1.29, 1.82) is 0 Å². The second-order valence-corrected chi connectivity index (χ2v) is 4.14. The molecular weight excluding hydrogens is 184 g/mol. The van der Waals surface area contributed by atoms with Crippen LogP contribution in [-0.2, 0) is 9.53 Å². The zero-order chi connectivity index (χ0) is 9.73. The second kappa shape index (κ2) is 4.89. The highest BCUT2D eigenvalue weighted by Crippen LogP contribution is 2.36. The number of ether oxygens (including phenoxy) is 1. The van der Waals surface area contributed by atoms with Crippen LogP contribution in [0.5, 0.6) is 0 Å². The van der Waals surface area contributed by atoms with E-state index in [1.54, 1.807) is 0 Å². The summed E-state index contributed by atoms with van der Waals surface area (Å²) in [5.41, 5.74) is -0.125. The lowest BCUT2D eigenvalue weighted by molar-refractivity contribution is -0.159. The molecular formula is C10H18O2S. The summed E-state index contributed by atoms with van der Waals surface area (Å²) in [7, 11) is 0. The van der Waals surface area contributed by atoms with Crippen molar-refractivity contribution in [3.63, 3.8) is 0 Å². The number of hydrogen-bond acceptors (Lipinski definition) is 3. The van der Waals surface area contributed by atoms with E-state index in [2.05, 4.69) is 19.6 Å². The molecule has 1 aliphatic carbocycles. The molecule has 2 nitrogen and oxygen atoms in total. The Hall–Kier alpha value is -0.180. The molecule has 0 spiro atoms. The number of carbonyl (C=O) groups is 1. The third kappa shape index (κ3) is 2.90. The monoisotopic (exact) mass is 202 g/mol. The van der Waals surface area contributed by atoms with Gasteiger partial charge in [-0.05, 0) is 32.1 Å². The highest BCUT2D eigenvalue weighted by Gasteiger charge is 2.35. The molecule has 13 heavy (non-hydrogen) atoms.